The van der Waals surface area contributed by atoms with Gasteiger partial charge in [-0.2, -0.15) is 0 Å². The summed E-state index contributed by atoms with van der Waals surface area (Å²) < 4.78 is 10.6. The Morgan fingerprint density at radius 2 is 1.61 bits per heavy atom. The van der Waals surface area contributed by atoms with Gasteiger partial charge in [0.25, 0.3) is 5.91 Å². The lowest BCUT2D eigenvalue weighted by atomic mass is 10.0. The molecular weight excluding hydrogens is 400 g/mol. The van der Waals surface area contributed by atoms with Crippen LogP contribution in [0.3, 0.4) is 0 Å². The summed E-state index contributed by atoms with van der Waals surface area (Å²) in [4.78, 5) is 23.9. The van der Waals surface area contributed by atoms with Gasteiger partial charge in [-0.25, -0.2) is 5.48 Å². The van der Waals surface area contributed by atoms with Crippen LogP contribution in [0.4, 0.5) is 0 Å². The molecule has 2 aromatic carbocycles. The highest BCUT2D eigenvalue weighted by Crippen LogP contribution is 2.27. The highest BCUT2D eigenvalue weighted by molar-refractivity contribution is 6.24. The van der Waals surface area contributed by atoms with Crippen molar-refractivity contribution in [1.82, 2.24) is 10.8 Å². The molecule has 0 fully saturated rings. The SMILES string of the molecule is COc1cc(/C=C(/C(=O)NCCCCCC(=O)NO)c2ccc(O)cc2)cc(OC)c1. The second kappa shape index (κ2) is 12.2. The number of unbranched alkanes of at least 4 members (excludes halogenated alkanes) is 2. The third kappa shape index (κ3) is 7.67. The van der Waals surface area contributed by atoms with E-state index in [1.54, 1.807) is 56.1 Å². The lowest BCUT2D eigenvalue weighted by Gasteiger charge is -2.11. The number of benzene rings is 2. The fourth-order valence-corrected chi connectivity index (χ4v) is 2.94. The summed E-state index contributed by atoms with van der Waals surface area (Å²) >= 11 is 0. The summed E-state index contributed by atoms with van der Waals surface area (Å²) in [6.07, 6.45) is 4.02. The number of hydrogen-bond acceptors (Lipinski definition) is 6. The third-order valence-corrected chi connectivity index (χ3v) is 4.60. The predicted octanol–water partition coefficient (Wildman–Crippen LogP) is 3.13. The van der Waals surface area contributed by atoms with Gasteiger partial charge >= 0.3 is 0 Å². The van der Waals surface area contributed by atoms with Crippen molar-refractivity contribution in [2.45, 2.75) is 25.7 Å². The van der Waals surface area contributed by atoms with Crippen molar-refractivity contribution >= 4 is 23.5 Å². The number of phenols is 1. The molecule has 0 heterocycles. The fraction of sp³-hybridized carbons (Fsp3) is 0.304. The van der Waals surface area contributed by atoms with Crippen LogP contribution in [0.25, 0.3) is 11.6 Å². The number of nitrogens with one attached hydrogen (secondary N) is 2. The number of ether oxygens (including phenoxy) is 2. The van der Waals surface area contributed by atoms with E-state index < -0.39 is 5.91 Å². The summed E-state index contributed by atoms with van der Waals surface area (Å²) in [5, 5.41) is 21.0. The minimum Gasteiger partial charge on any atom is -0.508 e. The second-order valence-electron chi connectivity index (χ2n) is 6.85. The average Bonchev–Trinajstić information content (AvgIpc) is 2.79. The standard InChI is InChI=1S/C23H28N2O6/c1-30-19-12-16(13-20(15-19)31-2)14-21(17-7-9-18(26)10-8-17)23(28)24-11-5-3-4-6-22(27)25-29/h7-10,12-15,26,29H,3-6,11H2,1-2H3,(H,24,28)(H,25,27)/b21-14+. The summed E-state index contributed by atoms with van der Waals surface area (Å²) in [5.41, 5.74) is 3.40. The van der Waals surface area contributed by atoms with Crippen LogP contribution in [0.2, 0.25) is 0 Å². The molecule has 0 unspecified atom stereocenters. The van der Waals surface area contributed by atoms with Gasteiger partial charge in [-0.05, 0) is 54.3 Å². The maximum atomic E-state index is 12.9. The number of hydroxylamine groups is 1. The van der Waals surface area contributed by atoms with Crippen LogP contribution >= 0.6 is 0 Å². The average molecular weight is 428 g/mol. The number of amides is 2. The van der Waals surface area contributed by atoms with Gasteiger partial charge in [-0.1, -0.05) is 18.6 Å². The van der Waals surface area contributed by atoms with Crippen molar-refractivity contribution in [3.05, 3.63) is 53.6 Å². The van der Waals surface area contributed by atoms with Gasteiger partial charge in [0.1, 0.15) is 17.2 Å². The first-order valence-electron chi connectivity index (χ1n) is 9.92. The Bertz CT molecular complexity index is 887. The summed E-state index contributed by atoms with van der Waals surface area (Å²) in [7, 11) is 3.11. The Hall–Kier alpha value is -3.52. The second-order valence-corrected chi connectivity index (χ2v) is 6.85. The highest BCUT2D eigenvalue weighted by Gasteiger charge is 2.13. The van der Waals surface area contributed by atoms with Crippen LogP contribution in [0, 0.1) is 0 Å². The van der Waals surface area contributed by atoms with E-state index in [1.807, 2.05) is 0 Å². The molecule has 0 radical (unpaired) electrons. The molecular formula is C23H28N2O6. The normalized spacial score (nSPS) is 11.0. The topological polar surface area (TPSA) is 117 Å². The van der Waals surface area contributed by atoms with Gasteiger partial charge in [-0.15, -0.1) is 0 Å². The van der Waals surface area contributed by atoms with Crippen molar-refractivity contribution in [2.75, 3.05) is 20.8 Å². The maximum Gasteiger partial charge on any atom is 0.251 e. The van der Waals surface area contributed by atoms with Gasteiger partial charge in [-0.3, -0.25) is 14.8 Å². The molecule has 8 nitrogen and oxygen atoms in total. The highest BCUT2D eigenvalue weighted by atomic mass is 16.5. The molecule has 8 heteroatoms. The van der Waals surface area contributed by atoms with Crippen LogP contribution in [0.15, 0.2) is 42.5 Å². The van der Waals surface area contributed by atoms with Gasteiger partial charge in [0, 0.05) is 24.6 Å². The molecule has 2 amide bonds. The number of methoxy groups -OCH3 is 2. The van der Waals surface area contributed by atoms with E-state index in [-0.39, 0.29) is 18.1 Å². The molecule has 166 valence electrons. The number of rotatable bonds is 11. The monoisotopic (exact) mass is 428 g/mol. The Morgan fingerprint density at radius 3 is 2.19 bits per heavy atom. The molecule has 0 bridgehead atoms. The minimum atomic E-state index is -0.421. The number of phenolic OH excluding ortho intramolecular Hbond substituents is 1. The zero-order chi connectivity index (χ0) is 22.6. The minimum absolute atomic E-state index is 0.110. The van der Waals surface area contributed by atoms with Gasteiger partial charge in [0.2, 0.25) is 5.91 Å². The van der Waals surface area contributed by atoms with Gasteiger partial charge < -0.3 is 19.9 Å². The molecule has 0 aliphatic heterocycles. The quantitative estimate of drug-likeness (QED) is 0.144. The van der Waals surface area contributed by atoms with Crippen molar-refractivity contribution in [2.24, 2.45) is 0 Å². The molecule has 31 heavy (non-hydrogen) atoms. The zero-order valence-electron chi connectivity index (χ0n) is 17.7. The Balaban J connectivity index is 2.16. The molecule has 0 atom stereocenters. The van der Waals surface area contributed by atoms with Crippen LogP contribution in [0.1, 0.15) is 36.8 Å². The lowest BCUT2D eigenvalue weighted by Crippen LogP contribution is -2.25. The molecule has 0 aromatic heterocycles. The molecule has 2 aromatic rings. The number of aromatic hydroxyl groups is 1. The molecule has 0 saturated heterocycles. The van der Waals surface area contributed by atoms with Crippen LogP contribution in [-0.4, -0.2) is 42.9 Å². The molecule has 0 spiro atoms. The van der Waals surface area contributed by atoms with E-state index in [4.69, 9.17) is 14.7 Å². The lowest BCUT2D eigenvalue weighted by molar-refractivity contribution is -0.129. The molecule has 2 rings (SSSR count). The third-order valence-electron chi connectivity index (χ3n) is 4.60. The van der Waals surface area contributed by atoms with E-state index in [0.717, 1.165) is 12.0 Å². The smallest absolute Gasteiger partial charge is 0.251 e. The van der Waals surface area contributed by atoms with Crippen LogP contribution in [-0.2, 0) is 9.59 Å². The number of hydrogen-bond donors (Lipinski definition) is 4. The van der Waals surface area contributed by atoms with Crippen molar-refractivity contribution in [1.29, 1.82) is 0 Å². The number of carbonyl (C=O) groups is 2. The van der Waals surface area contributed by atoms with E-state index in [1.165, 1.54) is 12.1 Å². The van der Waals surface area contributed by atoms with Crippen LogP contribution in [0.5, 0.6) is 17.2 Å². The Morgan fingerprint density at radius 1 is 0.968 bits per heavy atom. The van der Waals surface area contributed by atoms with E-state index in [9.17, 15) is 14.7 Å². The Kier molecular flexibility index (Phi) is 9.38. The molecule has 0 saturated carbocycles. The summed E-state index contributed by atoms with van der Waals surface area (Å²) in [6, 6.07) is 11.7. The molecule has 4 N–H and O–H groups in total. The Labute approximate surface area is 181 Å². The number of carbonyl (C=O) groups excluding carboxylic acids is 2. The zero-order valence-corrected chi connectivity index (χ0v) is 17.7. The largest absolute Gasteiger partial charge is 0.508 e. The predicted molar refractivity (Wildman–Crippen MR) is 117 cm³/mol. The fourth-order valence-electron chi connectivity index (χ4n) is 2.94. The first kappa shape index (κ1) is 23.8. The van der Waals surface area contributed by atoms with E-state index in [2.05, 4.69) is 5.32 Å². The van der Waals surface area contributed by atoms with E-state index >= 15 is 0 Å². The first-order valence-corrected chi connectivity index (χ1v) is 9.92. The first-order chi connectivity index (χ1) is 15.0. The van der Waals surface area contributed by atoms with Gasteiger partial charge in [0.15, 0.2) is 0 Å². The summed E-state index contributed by atoms with van der Waals surface area (Å²) in [6.45, 7) is 0.441. The van der Waals surface area contributed by atoms with Gasteiger partial charge in [0.05, 0.1) is 14.2 Å². The van der Waals surface area contributed by atoms with Crippen molar-refractivity contribution in [3.8, 4) is 17.2 Å². The van der Waals surface area contributed by atoms with Crippen LogP contribution < -0.4 is 20.3 Å². The van der Waals surface area contributed by atoms with Crippen molar-refractivity contribution < 1.29 is 29.4 Å². The molecule has 0 aliphatic carbocycles. The maximum absolute atomic E-state index is 12.9. The van der Waals surface area contributed by atoms with E-state index in [0.29, 0.717) is 42.0 Å². The molecule has 0 aliphatic rings. The van der Waals surface area contributed by atoms with Crippen molar-refractivity contribution in [3.63, 3.8) is 0 Å². The summed E-state index contributed by atoms with van der Waals surface area (Å²) in [5.74, 6) is 0.625.